The number of hydrogen-bond donors (Lipinski definition) is 1. The standard InChI is InChI=1S/C13H16ClN3/c1-9-7-16-8-10(2)17(9)12-4-3-11(6-15)13(14)5-12/h3-5,9-10,16H,7-8H2,1-2H3/t9-,10-/m0/s1. The first-order valence-electron chi connectivity index (χ1n) is 5.82. The van der Waals surface area contributed by atoms with Crippen LogP contribution in [0.2, 0.25) is 5.02 Å². The Bertz CT molecular complexity index is 442. The van der Waals surface area contributed by atoms with Crippen LogP contribution in [0.3, 0.4) is 0 Å². The number of rotatable bonds is 1. The topological polar surface area (TPSA) is 39.1 Å². The second-order valence-corrected chi connectivity index (χ2v) is 4.95. The Labute approximate surface area is 107 Å². The Hall–Kier alpha value is -1.24. The molecule has 4 heteroatoms. The number of anilines is 1. The molecular weight excluding hydrogens is 234 g/mol. The van der Waals surface area contributed by atoms with Crippen LogP contribution in [0.25, 0.3) is 0 Å². The lowest BCUT2D eigenvalue weighted by Gasteiger charge is -2.41. The molecule has 1 N–H and O–H groups in total. The monoisotopic (exact) mass is 249 g/mol. The maximum Gasteiger partial charge on any atom is 0.101 e. The summed E-state index contributed by atoms with van der Waals surface area (Å²) in [4.78, 5) is 2.35. The fraction of sp³-hybridized carbons (Fsp3) is 0.462. The number of piperazine rings is 1. The summed E-state index contributed by atoms with van der Waals surface area (Å²) >= 11 is 6.08. The SMILES string of the molecule is C[C@H]1CNC[C@H](C)N1c1ccc(C#N)c(Cl)c1. The smallest absolute Gasteiger partial charge is 0.101 e. The Morgan fingerprint density at radius 3 is 2.53 bits per heavy atom. The fourth-order valence-electron chi connectivity index (χ4n) is 2.40. The zero-order valence-electron chi connectivity index (χ0n) is 10.1. The van der Waals surface area contributed by atoms with Gasteiger partial charge in [-0.05, 0) is 32.0 Å². The van der Waals surface area contributed by atoms with Crippen molar-refractivity contribution in [3.8, 4) is 6.07 Å². The van der Waals surface area contributed by atoms with E-state index >= 15 is 0 Å². The molecule has 0 aromatic heterocycles. The van der Waals surface area contributed by atoms with Crippen LogP contribution in [0.1, 0.15) is 19.4 Å². The van der Waals surface area contributed by atoms with Gasteiger partial charge in [-0.15, -0.1) is 0 Å². The first-order chi connectivity index (χ1) is 8.13. The minimum Gasteiger partial charge on any atom is -0.364 e. The number of nitrogens with zero attached hydrogens (tertiary/aromatic N) is 2. The van der Waals surface area contributed by atoms with Gasteiger partial charge >= 0.3 is 0 Å². The summed E-state index contributed by atoms with van der Waals surface area (Å²) in [7, 11) is 0. The molecule has 0 spiro atoms. The summed E-state index contributed by atoms with van der Waals surface area (Å²) < 4.78 is 0. The molecule has 1 aromatic carbocycles. The van der Waals surface area contributed by atoms with Crippen molar-refractivity contribution in [3.63, 3.8) is 0 Å². The number of halogens is 1. The van der Waals surface area contributed by atoms with E-state index in [-0.39, 0.29) is 0 Å². The van der Waals surface area contributed by atoms with E-state index in [1.165, 1.54) is 0 Å². The van der Waals surface area contributed by atoms with Gasteiger partial charge in [0.15, 0.2) is 0 Å². The van der Waals surface area contributed by atoms with Crippen molar-refractivity contribution in [2.75, 3.05) is 18.0 Å². The highest BCUT2D eigenvalue weighted by atomic mass is 35.5. The maximum atomic E-state index is 8.87. The molecule has 0 unspecified atom stereocenters. The average Bonchev–Trinajstić information content (AvgIpc) is 2.29. The Morgan fingerprint density at radius 2 is 2.00 bits per heavy atom. The van der Waals surface area contributed by atoms with E-state index in [1.807, 2.05) is 12.1 Å². The van der Waals surface area contributed by atoms with Gasteiger partial charge in [-0.25, -0.2) is 0 Å². The third-order valence-electron chi connectivity index (χ3n) is 3.20. The molecule has 1 heterocycles. The minimum absolute atomic E-state index is 0.433. The van der Waals surface area contributed by atoms with Gasteiger partial charge in [-0.2, -0.15) is 5.26 Å². The van der Waals surface area contributed by atoms with Crippen LogP contribution < -0.4 is 10.2 Å². The molecule has 1 aliphatic rings. The van der Waals surface area contributed by atoms with Crippen LogP contribution >= 0.6 is 11.6 Å². The van der Waals surface area contributed by atoms with Crippen molar-refractivity contribution in [3.05, 3.63) is 28.8 Å². The number of hydrogen-bond acceptors (Lipinski definition) is 3. The van der Waals surface area contributed by atoms with E-state index in [0.717, 1.165) is 18.8 Å². The van der Waals surface area contributed by atoms with Crippen LogP contribution in [0.15, 0.2) is 18.2 Å². The van der Waals surface area contributed by atoms with Gasteiger partial charge in [-0.3, -0.25) is 0 Å². The van der Waals surface area contributed by atoms with Gasteiger partial charge in [0.05, 0.1) is 10.6 Å². The van der Waals surface area contributed by atoms with E-state index < -0.39 is 0 Å². The van der Waals surface area contributed by atoms with E-state index in [0.29, 0.717) is 22.7 Å². The fourth-order valence-corrected chi connectivity index (χ4v) is 2.61. The highest BCUT2D eigenvalue weighted by molar-refractivity contribution is 6.32. The summed E-state index contributed by atoms with van der Waals surface area (Å²) in [6.45, 7) is 6.33. The predicted octanol–water partition coefficient (Wildman–Crippen LogP) is 2.40. The first-order valence-corrected chi connectivity index (χ1v) is 6.20. The lowest BCUT2D eigenvalue weighted by molar-refractivity contribution is 0.432. The Kier molecular flexibility index (Phi) is 3.56. The van der Waals surface area contributed by atoms with Crippen molar-refractivity contribution in [1.82, 2.24) is 5.32 Å². The summed E-state index contributed by atoms with van der Waals surface area (Å²) in [5.74, 6) is 0. The Morgan fingerprint density at radius 1 is 1.35 bits per heavy atom. The molecular formula is C13H16ClN3. The van der Waals surface area contributed by atoms with E-state index in [9.17, 15) is 0 Å². The third kappa shape index (κ3) is 2.38. The van der Waals surface area contributed by atoms with Crippen LogP contribution in [0.5, 0.6) is 0 Å². The molecule has 1 aromatic rings. The quantitative estimate of drug-likeness (QED) is 0.831. The lowest BCUT2D eigenvalue weighted by Crippen LogP contribution is -2.55. The van der Waals surface area contributed by atoms with E-state index in [1.54, 1.807) is 6.07 Å². The van der Waals surface area contributed by atoms with Gasteiger partial charge in [-0.1, -0.05) is 11.6 Å². The van der Waals surface area contributed by atoms with Crippen molar-refractivity contribution in [1.29, 1.82) is 5.26 Å². The molecule has 0 radical (unpaired) electrons. The second kappa shape index (κ2) is 4.95. The summed E-state index contributed by atoms with van der Waals surface area (Å²) in [6, 6.07) is 8.60. The molecule has 1 fully saturated rings. The molecule has 2 rings (SSSR count). The molecule has 1 aliphatic heterocycles. The van der Waals surface area contributed by atoms with Crippen LogP contribution in [-0.2, 0) is 0 Å². The zero-order chi connectivity index (χ0) is 12.4. The first kappa shape index (κ1) is 12.2. The lowest BCUT2D eigenvalue weighted by atomic mass is 10.1. The molecule has 0 amide bonds. The minimum atomic E-state index is 0.433. The van der Waals surface area contributed by atoms with E-state index in [2.05, 4.69) is 30.1 Å². The molecule has 0 aliphatic carbocycles. The van der Waals surface area contributed by atoms with Crippen molar-refractivity contribution >= 4 is 17.3 Å². The second-order valence-electron chi connectivity index (χ2n) is 4.54. The van der Waals surface area contributed by atoms with Gasteiger partial charge in [0.2, 0.25) is 0 Å². The highest BCUT2D eigenvalue weighted by Gasteiger charge is 2.24. The van der Waals surface area contributed by atoms with Crippen molar-refractivity contribution < 1.29 is 0 Å². The van der Waals surface area contributed by atoms with Crippen molar-refractivity contribution in [2.45, 2.75) is 25.9 Å². The largest absolute Gasteiger partial charge is 0.364 e. The van der Waals surface area contributed by atoms with Crippen LogP contribution in [0.4, 0.5) is 5.69 Å². The zero-order valence-corrected chi connectivity index (χ0v) is 10.8. The number of nitriles is 1. The van der Waals surface area contributed by atoms with Crippen LogP contribution in [0, 0.1) is 11.3 Å². The summed E-state index contributed by atoms with van der Waals surface area (Å²) in [5.41, 5.74) is 1.63. The average molecular weight is 250 g/mol. The molecule has 1 saturated heterocycles. The number of nitrogens with one attached hydrogen (secondary N) is 1. The van der Waals surface area contributed by atoms with Crippen molar-refractivity contribution in [2.24, 2.45) is 0 Å². The molecule has 90 valence electrons. The molecule has 2 atom stereocenters. The summed E-state index contributed by atoms with van der Waals surface area (Å²) in [5, 5.41) is 12.8. The highest BCUT2D eigenvalue weighted by Crippen LogP contribution is 2.27. The summed E-state index contributed by atoms with van der Waals surface area (Å²) in [6.07, 6.45) is 0. The van der Waals surface area contributed by atoms with Gasteiger partial charge < -0.3 is 10.2 Å². The van der Waals surface area contributed by atoms with Crippen LogP contribution in [-0.4, -0.2) is 25.2 Å². The van der Waals surface area contributed by atoms with E-state index in [4.69, 9.17) is 16.9 Å². The Balaban J connectivity index is 2.33. The maximum absolute atomic E-state index is 8.87. The van der Waals surface area contributed by atoms with Gasteiger partial charge in [0.25, 0.3) is 0 Å². The normalized spacial score (nSPS) is 24.5. The van der Waals surface area contributed by atoms with Gasteiger partial charge in [0.1, 0.15) is 6.07 Å². The molecule has 0 bridgehead atoms. The molecule has 17 heavy (non-hydrogen) atoms. The molecule has 0 saturated carbocycles. The molecule has 3 nitrogen and oxygen atoms in total. The van der Waals surface area contributed by atoms with Gasteiger partial charge in [0, 0.05) is 30.9 Å². The number of benzene rings is 1. The predicted molar refractivity (Wildman–Crippen MR) is 70.4 cm³/mol. The third-order valence-corrected chi connectivity index (χ3v) is 3.51.